The minimum atomic E-state index is 0.134. The third-order valence-electron chi connectivity index (χ3n) is 2.33. The van der Waals surface area contributed by atoms with E-state index in [-0.39, 0.29) is 17.9 Å². The molecule has 0 saturated carbocycles. The van der Waals surface area contributed by atoms with Crippen LogP contribution in [-0.4, -0.2) is 29.2 Å². The molecule has 106 valence electrons. The Balaban J connectivity index is 2.27. The number of nitrogens with zero attached hydrogens (tertiary/aromatic N) is 3. The first-order valence-corrected chi connectivity index (χ1v) is 5.91. The van der Waals surface area contributed by atoms with Gasteiger partial charge in [0.25, 0.3) is 0 Å². The number of hydrazine groups is 1. The smallest absolute Gasteiger partial charge is 0.322 e. The first-order valence-electron chi connectivity index (χ1n) is 5.53. The van der Waals surface area contributed by atoms with E-state index in [1.54, 1.807) is 25.3 Å². The molecule has 0 aliphatic heterocycles. The maximum atomic E-state index is 6.04. The van der Waals surface area contributed by atoms with E-state index < -0.39 is 0 Å². The number of aromatic nitrogens is 3. The van der Waals surface area contributed by atoms with E-state index in [4.69, 9.17) is 26.9 Å². The molecule has 0 fully saturated rings. The fourth-order valence-electron chi connectivity index (χ4n) is 1.44. The van der Waals surface area contributed by atoms with Crippen molar-refractivity contribution in [1.29, 1.82) is 0 Å². The summed E-state index contributed by atoms with van der Waals surface area (Å²) in [5, 5.41) is 3.44. The standard InChI is InChI=1S/C11H13ClN6O2/c1-19-8-4-3-6(5-7(8)12)14-9-15-10(18-13)17-11(16-9)20-2/h3-5H,13H2,1-2H3,(H2,14,15,16,17,18). The predicted octanol–water partition coefficient (Wildman–Crippen LogP) is 1.57. The van der Waals surface area contributed by atoms with Crippen molar-refractivity contribution in [2.75, 3.05) is 25.0 Å². The molecule has 1 aromatic carbocycles. The van der Waals surface area contributed by atoms with E-state index in [1.165, 1.54) is 7.11 Å². The maximum Gasteiger partial charge on any atom is 0.322 e. The molecule has 0 unspecified atom stereocenters. The summed E-state index contributed by atoms with van der Waals surface area (Å²) >= 11 is 6.04. The Kier molecular flexibility index (Phi) is 4.38. The highest BCUT2D eigenvalue weighted by molar-refractivity contribution is 6.32. The molecular formula is C11H13ClN6O2. The third kappa shape index (κ3) is 3.16. The summed E-state index contributed by atoms with van der Waals surface area (Å²) in [7, 11) is 2.99. The first kappa shape index (κ1) is 14.1. The van der Waals surface area contributed by atoms with Gasteiger partial charge in [0, 0.05) is 5.69 Å². The molecule has 0 radical (unpaired) electrons. The molecule has 0 saturated heterocycles. The normalized spacial score (nSPS) is 10.0. The Morgan fingerprint density at radius 2 is 1.85 bits per heavy atom. The van der Waals surface area contributed by atoms with Crippen LogP contribution in [0.15, 0.2) is 18.2 Å². The van der Waals surface area contributed by atoms with Gasteiger partial charge < -0.3 is 14.8 Å². The van der Waals surface area contributed by atoms with E-state index in [2.05, 4.69) is 25.7 Å². The predicted molar refractivity (Wildman–Crippen MR) is 75.5 cm³/mol. The molecule has 2 rings (SSSR count). The number of rotatable bonds is 5. The number of benzene rings is 1. The lowest BCUT2D eigenvalue weighted by Gasteiger charge is -2.09. The molecule has 0 aliphatic rings. The van der Waals surface area contributed by atoms with E-state index in [0.717, 1.165) is 0 Å². The van der Waals surface area contributed by atoms with Crippen molar-refractivity contribution in [3.63, 3.8) is 0 Å². The van der Waals surface area contributed by atoms with Crippen LogP contribution in [-0.2, 0) is 0 Å². The molecule has 0 amide bonds. The van der Waals surface area contributed by atoms with Crippen LogP contribution in [0.5, 0.6) is 11.8 Å². The Morgan fingerprint density at radius 1 is 1.10 bits per heavy atom. The van der Waals surface area contributed by atoms with Crippen LogP contribution in [0.25, 0.3) is 0 Å². The summed E-state index contributed by atoms with van der Waals surface area (Å²) in [5.41, 5.74) is 3.02. The summed E-state index contributed by atoms with van der Waals surface area (Å²) in [4.78, 5) is 12.0. The van der Waals surface area contributed by atoms with Crippen molar-refractivity contribution in [3.05, 3.63) is 23.2 Å². The van der Waals surface area contributed by atoms with E-state index in [0.29, 0.717) is 16.5 Å². The third-order valence-corrected chi connectivity index (χ3v) is 2.63. The molecule has 1 heterocycles. The Morgan fingerprint density at radius 3 is 2.45 bits per heavy atom. The number of nitrogens with one attached hydrogen (secondary N) is 2. The molecule has 20 heavy (non-hydrogen) atoms. The highest BCUT2D eigenvalue weighted by Crippen LogP contribution is 2.28. The summed E-state index contributed by atoms with van der Waals surface area (Å²) in [5.74, 6) is 6.30. The van der Waals surface area contributed by atoms with Gasteiger partial charge in [0.2, 0.25) is 11.9 Å². The summed E-state index contributed by atoms with van der Waals surface area (Å²) in [6.07, 6.45) is 0. The van der Waals surface area contributed by atoms with Crippen LogP contribution < -0.4 is 26.1 Å². The molecule has 2 aromatic rings. The van der Waals surface area contributed by atoms with E-state index >= 15 is 0 Å². The Bertz CT molecular complexity index is 587. The lowest BCUT2D eigenvalue weighted by molar-refractivity contribution is 0.379. The number of nitrogen functional groups attached to an aromatic ring is 1. The van der Waals surface area contributed by atoms with Gasteiger partial charge >= 0.3 is 6.01 Å². The number of nitrogens with two attached hydrogens (primary N) is 1. The molecule has 8 nitrogen and oxygen atoms in total. The van der Waals surface area contributed by atoms with Crippen LogP contribution in [0.3, 0.4) is 0 Å². The van der Waals surface area contributed by atoms with Gasteiger partial charge in [-0.25, -0.2) is 5.84 Å². The van der Waals surface area contributed by atoms with Crippen molar-refractivity contribution in [1.82, 2.24) is 15.0 Å². The lowest BCUT2D eigenvalue weighted by atomic mass is 10.3. The molecular weight excluding hydrogens is 284 g/mol. The summed E-state index contributed by atoms with van der Waals surface area (Å²) in [6.45, 7) is 0. The van der Waals surface area contributed by atoms with Crippen molar-refractivity contribution in [2.24, 2.45) is 5.84 Å². The van der Waals surface area contributed by atoms with Crippen LogP contribution in [0.1, 0.15) is 0 Å². The molecule has 9 heteroatoms. The second-order valence-electron chi connectivity index (χ2n) is 3.59. The first-order chi connectivity index (χ1) is 9.66. The van der Waals surface area contributed by atoms with E-state index in [9.17, 15) is 0 Å². The topological polar surface area (TPSA) is 107 Å². The lowest BCUT2D eigenvalue weighted by Crippen LogP contribution is -2.13. The minimum Gasteiger partial charge on any atom is -0.495 e. The molecule has 0 spiro atoms. The Labute approximate surface area is 120 Å². The number of hydrogen-bond acceptors (Lipinski definition) is 8. The zero-order chi connectivity index (χ0) is 14.5. The maximum absolute atomic E-state index is 6.04. The van der Waals surface area contributed by atoms with Gasteiger partial charge in [-0.15, -0.1) is 0 Å². The molecule has 0 bridgehead atoms. The van der Waals surface area contributed by atoms with Gasteiger partial charge in [-0.3, -0.25) is 5.43 Å². The number of hydrogen-bond donors (Lipinski definition) is 3. The zero-order valence-corrected chi connectivity index (χ0v) is 11.6. The van der Waals surface area contributed by atoms with Crippen LogP contribution >= 0.6 is 11.6 Å². The van der Waals surface area contributed by atoms with Gasteiger partial charge in [-0.05, 0) is 18.2 Å². The second kappa shape index (κ2) is 6.22. The van der Waals surface area contributed by atoms with Crippen LogP contribution in [0.2, 0.25) is 5.02 Å². The van der Waals surface area contributed by atoms with Gasteiger partial charge in [0.15, 0.2) is 0 Å². The van der Waals surface area contributed by atoms with Crippen LogP contribution in [0.4, 0.5) is 17.6 Å². The summed E-state index contributed by atoms with van der Waals surface area (Å²) < 4.78 is 10.0. The van der Waals surface area contributed by atoms with Gasteiger partial charge in [-0.1, -0.05) is 11.6 Å². The minimum absolute atomic E-state index is 0.134. The quantitative estimate of drug-likeness (QED) is 0.564. The van der Waals surface area contributed by atoms with Crippen molar-refractivity contribution < 1.29 is 9.47 Å². The van der Waals surface area contributed by atoms with Gasteiger partial charge in [0.1, 0.15) is 5.75 Å². The SMILES string of the molecule is COc1nc(NN)nc(Nc2ccc(OC)c(Cl)c2)n1. The summed E-state index contributed by atoms with van der Waals surface area (Å²) in [6, 6.07) is 5.32. The monoisotopic (exact) mass is 296 g/mol. The highest BCUT2D eigenvalue weighted by Gasteiger charge is 2.07. The second-order valence-corrected chi connectivity index (χ2v) is 4.00. The number of methoxy groups -OCH3 is 2. The van der Waals surface area contributed by atoms with Crippen molar-refractivity contribution in [2.45, 2.75) is 0 Å². The van der Waals surface area contributed by atoms with Crippen LogP contribution in [0, 0.1) is 0 Å². The average molecular weight is 297 g/mol. The number of anilines is 3. The average Bonchev–Trinajstić information content (AvgIpc) is 2.47. The largest absolute Gasteiger partial charge is 0.495 e. The van der Waals surface area contributed by atoms with Crippen molar-refractivity contribution in [3.8, 4) is 11.8 Å². The fourth-order valence-corrected chi connectivity index (χ4v) is 1.70. The van der Waals surface area contributed by atoms with Crippen molar-refractivity contribution >= 4 is 29.2 Å². The van der Waals surface area contributed by atoms with E-state index in [1.807, 2.05) is 0 Å². The molecule has 0 aliphatic carbocycles. The Hall–Kier alpha value is -2.32. The molecule has 1 aromatic heterocycles. The zero-order valence-electron chi connectivity index (χ0n) is 10.8. The van der Waals surface area contributed by atoms with Gasteiger partial charge in [0.05, 0.1) is 19.2 Å². The van der Waals surface area contributed by atoms with Gasteiger partial charge in [-0.2, -0.15) is 15.0 Å². The molecule has 4 N–H and O–H groups in total. The number of ether oxygens (including phenoxy) is 2. The highest BCUT2D eigenvalue weighted by atomic mass is 35.5. The number of halogens is 1. The molecule has 0 atom stereocenters. The fraction of sp³-hybridized carbons (Fsp3) is 0.182.